The number of halogens is 1. The van der Waals surface area contributed by atoms with Crippen LogP contribution >= 0.6 is 11.3 Å². The average Bonchev–Trinajstić information content (AvgIpc) is 2.88. The highest BCUT2D eigenvalue weighted by Gasteiger charge is 2.23. The van der Waals surface area contributed by atoms with E-state index >= 15 is 0 Å². The molecule has 1 aliphatic carbocycles. The Morgan fingerprint density at radius 2 is 2.30 bits per heavy atom. The van der Waals surface area contributed by atoms with Crippen molar-refractivity contribution in [3.63, 3.8) is 0 Å². The van der Waals surface area contributed by atoms with Crippen molar-refractivity contribution in [1.82, 2.24) is 9.55 Å². The van der Waals surface area contributed by atoms with Crippen LogP contribution in [-0.2, 0) is 19.4 Å². The van der Waals surface area contributed by atoms with Crippen molar-refractivity contribution >= 4 is 21.6 Å². The van der Waals surface area contributed by atoms with Crippen molar-refractivity contribution in [1.29, 1.82) is 0 Å². The Balaban J connectivity index is 1.80. The molecule has 0 saturated carbocycles. The first-order valence-corrected chi connectivity index (χ1v) is 8.67. The maximum atomic E-state index is 13.3. The number of aryl methyl sites for hydroxylation is 1. The summed E-state index contributed by atoms with van der Waals surface area (Å²) in [7, 11) is 0. The molecule has 0 spiro atoms. The Labute approximate surface area is 137 Å². The highest BCUT2D eigenvalue weighted by Crippen LogP contribution is 2.35. The number of benzene rings is 1. The van der Waals surface area contributed by atoms with Gasteiger partial charge in [-0.2, -0.15) is 0 Å². The summed E-state index contributed by atoms with van der Waals surface area (Å²) < 4.78 is 14.9. The van der Waals surface area contributed by atoms with Crippen LogP contribution in [0.25, 0.3) is 10.2 Å². The summed E-state index contributed by atoms with van der Waals surface area (Å²) >= 11 is 1.65. The molecule has 2 aromatic heterocycles. The molecule has 0 saturated heterocycles. The topological polar surface area (TPSA) is 34.9 Å². The summed E-state index contributed by atoms with van der Waals surface area (Å²) in [5.74, 6) is 0.386. The van der Waals surface area contributed by atoms with E-state index < -0.39 is 0 Å². The van der Waals surface area contributed by atoms with Crippen molar-refractivity contribution in [2.45, 2.75) is 32.7 Å². The quantitative estimate of drug-likeness (QED) is 0.718. The molecule has 2 heterocycles. The van der Waals surface area contributed by atoms with Crippen LogP contribution < -0.4 is 5.56 Å². The standard InChI is InChI=1S/C18H17FN2OS/c1-11-5-6-14-15(7-11)23-17-16(14)18(22)21(10-20-17)9-12-3-2-4-13(19)8-12/h2-4,8,10-11H,5-7,9H2,1H3/t11-/m0/s1. The minimum atomic E-state index is -0.286. The van der Waals surface area contributed by atoms with E-state index in [0.29, 0.717) is 12.5 Å². The van der Waals surface area contributed by atoms with Gasteiger partial charge in [0.25, 0.3) is 5.56 Å². The highest BCUT2D eigenvalue weighted by atomic mass is 32.1. The molecule has 0 fully saturated rings. The van der Waals surface area contributed by atoms with Crippen molar-refractivity contribution in [2.75, 3.05) is 0 Å². The number of hydrogen-bond acceptors (Lipinski definition) is 3. The fraction of sp³-hybridized carbons (Fsp3) is 0.333. The van der Waals surface area contributed by atoms with E-state index in [2.05, 4.69) is 11.9 Å². The molecule has 23 heavy (non-hydrogen) atoms. The second-order valence-electron chi connectivity index (χ2n) is 6.34. The maximum Gasteiger partial charge on any atom is 0.262 e. The Hall–Kier alpha value is -2.01. The first kappa shape index (κ1) is 14.6. The molecule has 118 valence electrons. The largest absolute Gasteiger partial charge is 0.294 e. The lowest BCUT2D eigenvalue weighted by molar-refractivity contribution is 0.509. The van der Waals surface area contributed by atoms with Gasteiger partial charge in [0, 0.05) is 4.88 Å². The Bertz CT molecular complexity index is 944. The van der Waals surface area contributed by atoms with Gasteiger partial charge in [0.1, 0.15) is 10.6 Å². The molecule has 0 radical (unpaired) electrons. The minimum absolute atomic E-state index is 0.00804. The molecular formula is C18H17FN2OS. The Morgan fingerprint density at radius 3 is 3.13 bits per heavy atom. The predicted molar refractivity (Wildman–Crippen MR) is 90.6 cm³/mol. The second-order valence-corrected chi connectivity index (χ2v) is 7.42. The van der Waals surface area contributed by atoms with Gasteiger partial charge in [0.05, 0.1) is 18.3 Å². The summed E-state index contributed by atoms with van der Waals surface area (Å²) in [4.78, 5) is 19.5. The molecule has 0 bridgehead atoms. The van der Waals surface area contributed by atoms with Gasteiger partial charge in [0.2, 0.25) is 0 Å². The van der Waals surface area contributed by atoms with Gasteiger partial charge < -0.3 is 0 Å². The molecule has 0 amide bonds. The molecule has 0 unspecified atom stereocenters. The number of hydrogen-bond donors (Lipinski definition) is 0. The van der Waals surface area contributed by atoms with Crippen LogP contribution in [-0.4, -0.2) is 9.55 Å². The SMILES string of the molecule is C[C@H]1CCc2c(sc3ncn(Cc4cccc(F)c4)c(=O)c23)C1. The van der Waals surface area contributed by atoms with Gasteiger partial charge in [-0.1, -0.05) is 19.1 Å². The lowest BCUT2D eigenvalue weighted by Gasteiger charge is -2.17. The Morgan fingerprint density at radius 1 is 1.43 bits per heavy atom. The van der Waals surface area contributed by atoms with Crippen molar-refractivity contribution in [3.05, 3.63) is 62.8 Å². The van der Waals surface area contributed by atoms with Gasteiger partial charge >= 0.3 is 0 Å². The third kappa shape index (κ3) is 2.59. The van der Waals surface area contributed by atoms with Gasteiger partial charge in [-0.15, -0.1) is 11.3 Å². The van der Waals surface area contributed by atoms with Crippen molar-refractivity contribution in [3.8, 4) is 0 Å². The predicted octanol–water partition coefficient (Wildman–Crippen LogP) is 3.77. The molecule has 1 aliphatic rings. The first-order valence-electron chi connectivity index (χ1n) is 7.86. The lowest BCUT2D eigenvalue weighted by atomic mass is 9.89. The van der Waals surface area contributed by atoms with Crippen LogP contribution in [0.1, 0.15) is 29.3 Å². The molecule has 0 N–H and O–H groups in total. The van der Waals surface area contributed by atoms with Gasteiger partial charge in [0.15, 0.2) is 0 Å². The van der Waals surface area contributed by atoms with E-state index in [-0.39, 0.29) is 11.4 Å². The van der Waals surface area contributed by atoms with E-state index in [1.54, 1.807) is 28.3 Å². The zero-order chi connectivity index (χ0) is 16.0. The van der Waals surface area contributed by atoms with Crippen LogP contribution in [0.15, 0.2) is 35.4 Å². The van der Waals surface area contributed by atoms with E-state index in [9.17, 15) is 9.18 Å². The normalized spacial score (nSPS) is 17.4. The Kier molecular flexibility index (Phi) is 3.53. The third-order valence-electron chi connectivity index (χ3n) is 4.52. The van der Waals surface area contributed by atoms with Crippen LogP contribution in [0.3, 0.4) is 0 Å². The molecule has 1 atom stereocenters. The fourth-order valence-corrected chi connectivity index (χ4v) is 4.65. The fourth-order valence-electron chi connectivity index (χ4n) is 3.31. The van der Waals surface area contributed by atoms with Crippen LogP contribution in [0.2, 0.25) is 0 Å². The number of nitrogens with zero attached hydrogens (tertiary/aromatic N) is 2. The van der Waals surface area contributed by atoms with Gasteiger partial charge in [-0.25, -0.2) is 9.37 Å². The van der Waals surface area contributed by atoms with E-state index in [4.69, 9.17) is 0 Å². The van der Waals surface area contributed by atoms with Gasteiger partial charge in [-0.3, -0.25) is 9.36 Å². The third-order valence-corrected chi connectivity index (χ3v) is 5.69. The minimum Gasteiger partial charge on any atom is -0.294 e. The molecule has 4 rings (SSSR count). The number of thiophene rings is 1. The average molecular weight is 328 g/mol. The monoisotopic (exact) mass is 328 g/mol. The molecular weight excluding hydrogens is 311 g/mol. The highest BCUT2D eigenvalue weighted by molar-refractivity contribution is 7.18. The summed E-state index contributed by atoms with van der Waals surface area (Å²) in [5, 5.41) is 0.774. The van der Waals surface area contributed by atoms with Crippen LogP contribution in [0.4, 0.5) is 4.39 Å². The van der Waals surface area contributed by atoms with Crippen LogP contribution in [0, 0.1) is 11.7 Å². The zero-order valence-electron chi connectivity index (χ0n) is 12.9. The summed E-state index contributed by atoms with van der Waals surface area (Å²) in [6.45, 7) is 2.60. The maximum absolute atomic E-state index is 13.3. The number of aromatic nitrogens is 2. The smallest absolute Gasteiger partial charge is 0.262 e. The molecule has 3 nitrogen and oxygen atoms in total. The number of rotatable bonds is 2. The molecule has 5 heteroatoms. The summed E-state index contributed by atoms with van der Waals surface area (Å²) in [5.41, 5.74) is 1.95. The molecule has 1 aromatic carbocycles. The summed E-state index contributed by atoms with van der Waals surface area (Å²) in [6, 6.07) is 6.35. The van der Waals surface area contributed by atoms with Crippen molar-refractivity contribution < 1.29 is 4.39 Å². The first-order chi connectivity index (χ1) is 11.1. The van der Waals surface area contributed by atoms with Gasteiger partial charge in [-0.05, 0) is 48.4 Å². The lowest BCUT2D eigenvalue weighted by Crippen LogP contribution is -2.22. The summed E-state index contributed by atoms with van der Waals surface area (Å²) in [6.07, 6.45) is 4.70. The van der Waals surface area contributed by atoms with Crippen molar-refractivity contribution in [2.24, 2.45) is 5.92 Å². The van der Waals surface area contributed by atoms with E-state index in [0.717, 1.165) is 35.0 Å². The van der Waals surface area contributed by atoms with Crippen LogP contribution in [0.5, 0.6) is 0 Å². The van der Waals surface area contributed by atoms with E-state index in [1.165, 1.54) is 22.6 Å². The second kappa shape index (κ2) is 5.57. The molecule has 0 aliphatic heterocycles. The number of fused-ring (bicyclic) bond motifs is 3. The zero-order valence-corrected chi connectivity index (χ0v) is 13.7. The van der Waals surface area contributed by atoms with E-state index in [1.807, 2.05) is 6.07 Å². The molecule has 3 aromatic rings.